The van der Waals surface area contributed by atoms with Crippen LogP contribution >= 0.6 is 0 Å². The van der Waals surface area contributed by atoms with Gasteiger partial charge in [-0.3, -0.25) is 9.78 Å². The minimum absolute atomic E-state index is 0.0104. The van der Waals surface area contributed by atoms with Crippen LogP contribution in [-0.2, 0) is 25.4 Å². The van der Waals surface area contributed by atoms with E-state index in [0.29, 0.717) is 49.4 Å². The van der Waals surface area contributed by atoms with Crippen molar-refractivity contribution < 1.29 is 37.0 Å². The number of carbonyl (C=O) groups excluding carboxylic acids is 2. The molecule has 2 saturated heterocycles. The zero-order valence-electron chi connectivity index (χ0n) is 24.3. The number of anilines is 1. The Balaban J connectivity index is 1.14. The smallest absolute Gasteiger partial charge is 0.407 e. The lowest BCUT2D eigenvalue weighted by Crippen LogP contribution is -2.37. The third-order valence-corrected chi connectivity index (χ3v) is 8.10. The first-order chi connectivity index (χ1) is 21.3. The standard InChI is InChI=1S/C33H36F3N3O5/c34-24-6-2-22(3-7-24)29(23-4-8-25(35)9-5-23)15-32(40)39-31-17-37-16-30(36)28(31)12-11-27-10-1-21(18-43-27)19-44-33(41)38-26-13-14-42-20-26/h2-9,16-17,21,26-27,29H,1,10-15,18-20H2,(H,38,41)(H,39,40)/t21-,26?,27-/m0/s1. The van der Waals surface area contributed by atoms with Crippen molar-refractivity contribution in [2.45, 2.75) is 56.6 Å². The van der Waals surface area contributed by atoms with Gasteiger partial charge in [-0.1, -0.05) is 24.3 Å². The Kier molecular flexibility index (Phi) is 10.8. The third kappa shape index (κ3) is 8.79. The molecule has 2 amide bonds. The van der Waals surface area contributed by atoms with Gasteiger partial charge in [0.2, 0.25) is 5.91 Å². The second-order valence-corrected chi connectivity index (χ2v) is 11.3. The Hall–Kier alpha value is -3.96. The molecule has 2 aliphatic heterocycles. The van der Waals surface area contributed by atoms with E-state index in [-0.39, 0.29) is 36.8 Å². The van der Waals surface area contributed by atoms with Crippen molar-refractivity contribution in [3.63, 3.8) is 0 Å². The summed E-state index contributed by atoms with van der Waals surface area (Å²) >= 11 is 0. The van der Waals surface area contributed by atoms with E-state index >= 15 is 0 Å². The highest BCUT2D eigenvalue weighted by molar-refractivity contribution is 5.92. The number of hydrogen-bond donors (Lipinski definition) is 2. The van der Waals surface area contributed by atoms with Crippen molar-refractivity contribution >= 4 is 17.7 Å². The van der Waals surface area contributed by atoms with E-state index in [1.54, 1.807) is 24.3 Å². The minimum Gasteiger partial charge on any atom is -0.449 e. The number of halogens is 3. The van der Waals surface area contributed by atoms with E-state index in [1.165, 1.54) is 30.5 Å². The molecule has 0 spiro atoms. The van der Waals surface area contributed by atoms with Crippen LogP contribution in [0.3, 0.4) is 0 Å². The Labute approximate surface area is 254 Å². The summed E-state index contributed by atoms with van der Waals surface area (Å²) in [5.41, 5.74) is 1.98. The Morgan fingerprint density at radius 1 is 0.932 bits per heavy atom. The first kappa shape index (κ1) is 31.5. The highest BCUT2D eigenvalue weighted by atomic mass is 19.1. The molecule has 0 radical (unpaired) electrons. The second kappa shape index (κ2) is 15.2. The fourth-order valence-electron chi connectivity index (χ4n) is 5.60. The number of alkyl carbamates (subject to hydrolysis) is 1. The summed E-state index contributed by atoms with van der Waals surface area (Å²) < 4.78 is 58.7. The summed E-state index contributed by atoms with van der Waals surface area (Å²) in [4.78, 5) is 29.2. The van der Waals surface area contributed by atoms with Gasteiger partial charge in [0.05, 0.1) is 50.0 Å². The SMILES string of the molecule is O=C(CC(c1ccc(F)cc1)c1ccc(F)cc1)Nc1cncc(F)c1CC[C@@H]1CC[C@H](COC(=O)NC2CCOC2)CO1. The van der Waals surface area contributed by atoms with Gasteiger partial charge in [0.15, 0.2) is 0 Å². The van der Waals surface area contributed by atoms with Gasteiger partial charge >= 0.3 is 6.09 Å². The quantitative estimate of drug-likeness (QED) is 0.280. The molecule has 2 N–H and O–H groups in total. The maximum atomic E-state index is 14.9. The number of ether oxygens (including phenoxy) is 3. The normalized spacial score (nSPS) is 20.0. The Morgan fingerprint density at radius 2 is 1.64 bits per heavy atom. The van der Waals surface area contributed by atoms with Gasteiger partial charge in [-0.15, -0.1) is 0 Å². The molecule has 8 nitrogen and oxygen atoms in total. The number of nitrogens with one attached hydrogen (secondary N) is 2. The molecular weight excluding hydrogens is 575 g/mol. The van der Waals surface area contributed by atoms with Gasteiger partial charge in [-0.2, -0.15) is 0 Å². The van der Waals surface area contributed by atoms with E-state index in [1.807, 2.05) is 0 Å². The molecule has 0 bridgehead atoms. The van der Waals surface area contributed by atoms with Gasteiger partial charge in [-0.25, -0.2) is 18.0 Å². The first-order valence-corrected chi connectivity index (χ1v) is 14.9. The molecule has 3 atom stereocenters. The van der Waals surface area contributed by atoms with Crippen LogP contribution < -0.4 is 10.6 Å². The number of benzene rings is 2. The maximum Gasteiger partial charge on any atom is 0.407 e. The minimum atomic E-state index is -0.530. The van der Waals surface area contributed by atoms with Crippen molar-refractivity contribution in [1.82, 2.24) is 10.3 Å². The summed E-state index contributed by atoms with van der Waals surface area (Å²) in [5, 5.41) is 5.59. The number of aromatic nitrogens is 1. The lowest BCUT2D eigenvalue weighted by Gasteiger charge is -2.29. The van der Waals surface area contributed by atoms with Gasteiger partial charge in [-0.05, 0) is 67.5 Å². The predicted molar refractivity (Wildman–Crippen MR) is 157 cm³/mol. The van der Waals surface area contributed by atoms with Crippen LogP contribution in [0.2, 0.25) is 0 Å². The molecular formula is C33H36F3N3O5. The molecule has 44 heavy (non-hydrogen) atoms. The lowest BCUT2D eigenvalue weighted by atomic mass is 9.88. The van der Waals surface area contributed by atoms with Crippen LogP contribution in [0, 0.1) is 23.4 Å². The average molecular weight is 612 g/mol. The fraction of sp³-hybridized carbons (Fsp3) is 0.424. The molecule has 5 rings (SSSR count). The average Bonchev–Trinajstić information content (AvgIpc) is 3.53. The highest BCUT2D eigenvalue weighted by Crippen LogP contribution is 2.30. The van der Waals surface area contributed by atoms with Crippen molar-refractivity contribution in [1.29, 1.82) is 0 Å². The van der Waals surface area contributed by atoms with Gasteiger partial charge in [0.25, 0.3) is 0 Å². The number of carbonyl (C=O) groups is 2. The Morgan fingerprint density at radius 3 is 2.25 bits per heavy atom. The van der Waals surface area contributed by atoms with E-state index in [2.05, 4.69) is 15.6 Å². The monoisotopic (exact) mass is 611 g/mol. The van der Waals surface area contributed by atoms with Gasteiger partial charge in [0.1, 0.15) is 17.5 Å². The molecule has 2 aromatic carbocycles. The molecule has 234 valence electrons. The molecule has 1 aromatic heterocycles. The molecule has 0 saturated carbocycles. The van der Waals surface area contributed by atoms with Crippen LogP contribution in [0.25, 0.3) is 0 Å². The highest BCUT2D eigenvalue weighted by Gasteiger charge is 2.26. The lowest BCUT2D eigenvalue weighted by molar-refractivity contribution is -0.116. The van der Waals surface area contributed by atoms with Gasteiger partial charge < -0.3 is 24.8 Å². The summed E-state index contributed by atoms with van der Waals surface area (Å²) in [5.74, 6) is -2.13. The summed E-state index contributed by atoms with van der Waals surface area (Å²) in [6.45, 7) is 1.83. The summed E-state index contributed by atoms with van der Waals surface area (Å²) in [6, 6.07) is 11.6. The Bertz CT molecular complexity index is 1350. The number of nitrogens with zero attached hydrogens (tertiary/aromatic N) is 1. The van der Waals surface area contributed by atoms with Crippen molar-refractivity contribution in [2.75, 3.05) is 31.7 Å². The van der Waals surface area contributed by atoms with Crippen LogP contribution in [0.15, 0.2) is 60.9 Å². The van der Waals surface area contributed by atoms with Crippen molar-refractivity contribution in [3.8, 4) is 0 Å². The zero-order valence-corrected chi connectivity index (χ0v) is 24.3. The fourth-order valence-corrected chi connectivity index (χ4v) is 5.60. The van der Waals surface area contributed by atoms with Crippen LogP contribution in [0.1, 0.15) is 54.7 Å². The maximum absolute atomic E-state index is 14.9. The first-order valence-electron chi connectivity index (χ1n) is 14.9. The summed E-state index contributed by atoms with van der Waals surface area (Å²) in [7, 11) is 0. The molecule has 3 heterocycles. The molecule has 3 aromatic rings. The van der Waals surface area contributed by atoms with Gasteiger partial charge in [0, 0.05) is 30.4 Å². The number of hydrogen-bond acceptors (Lipinski definition) is 6. The van der Waals surface area contributed by atoms with E-state index < -0.39 is 35.4 Å². The molecule has 0 aliphatic carbocycles. The zero-order chi connectivity index (χ0) is 30.9. The number of pyridine rings is 1. The molecule has 1 unspecified atom stereocenters. The topological polar surface area (TPSA) is 98.8 Å². The van der Waals surface area contributed by atoms with Crippen molar-refractivity contribution in [2.24, 2.45) is 5.92 Å². The summed E-state index contributed by atoms with van der Waals surface area (Å²) in [6.07, 6.45) is 5.11. The molecule has 2 aliphatic rings. The van der Waals surface area contributed by atoms with E-state index in [0.717, 1.165) is 25.5 Å². The van der Waals surface area contributed by atoms with Crippen LogP contribution in [-0.4, -0.2) is 55.6 Å². The largest absolute Gasteiger partial charge is 0.449 e. The van der Waals surface area contributed by atoms with Crippen molar-refractivity contribution in [3.05, 3.63) is 95.1 Å². The van der Waals surface area contributed by atoms with Crippen LogP contribution in [0.5, 0.6) is 0 Å². The van der Waals surface area contributed by atoms with E-state index in [9.17, 15) is 22.8 Å². The molecule has 2 fully saturated rings. The predicted octanol–water partition coefficient (Wildman–Crippen LogP) is 5.90. The number of rotatable bonds is 11. The third-order valence-electron chi connectivity index (χ3n) is 8.10. The van der Waals surface area contributed by atoms with E-state index in [4.69, 9.17) is 14.2 Å². The van der Waals surface area contributed by atoms with Crippen LogP contribution in [0.4, 0.5) is 23.7 Å². The molecule has 11 heteroatoms. The number of amides is 2. The second-order valence-electron chi connectivity index (χ2n) is 11.3.